The van der Waals surface area contributed by atoms with Gasteiger partial charge in [0.1, 0.15) is 0 Å². The first-order chi connectivity index (χ1) is 9.71. The lowest BCUT2D eigenvalue weighted by molar-refractivity contribution is -0.384. The molecule has 0 aliphatic heterocycles. The monoisotopic (exact) mass is 296 g/mol. The third-order valence-electron chi connectivity index (χ3n) is 3.18. The van der Waals surface area contributed by atoms with E-state index in [4.69, 9.17) is 0 Å². The Balaban J connectivity index is 2.46. The molecular weight excluding hydrogens is 272 g/mol. The molecule has 0 aromatic heterocycles. The van der Waals surface area contributed by atoms with Crippen molar-refractivity contribution in [3.63, 3.8) is 0 Å². The van der Waals surface area contributed by atoms with Crippen molar-refractivity contribution < 1.29 is 15.1 Å². The van der Waals surface area contributed by atoms with Crippen molar-refractivity contribution in [2.45, 2.75) is 38.9 Å². The van der Waals surface area contributed by atoms with Crippen LogP contribution < -0.4 is 5.32 Å². The summed E-state index contributed by atoms with van der Waals surface area (Å²) in [6, 6.07) is 5.81. The van der Waals surface area contributed by atoms with Gasteiger partial charge < -0.3 is 15.5 Å². The summed E-state index contributed by atoms with van der Waals surface area (Å²) >= 11 is 0. The van der Waals surface area contributed by atoms with Crippen LogP contribution in [0.3, 0.4) is 0 Å². The Kier molecular flexibility index (Phi) is 6.26. The van der Waals surface area contributed by atoms with Gasteiger partial charge in [0.05, 0.1) is 16.6 Å². The SMILES string of the molecule is CC(C)CC(C)(O)CNCC(O)c1ccc([N+](=O)[O-])cc1. The van der Waals surface area contributed by atoms with Crippen molar-refractivity contribution in [1.29, 1.82) is 0 Å². The third-order valence-corrected chi connectivity index (χ3v) is 3.18. The average molecular weight is 296 g/mol. The van der Waals surface area contributed by atoms with Crippen LogP contribution in [0.2, 0.25) is 0 Å². The molecule has 0 bridgehead atoms. The van der Waals surface area contributed by atoms with E-state index >= 15 is 0 Å². The first kappa shape index (κ1) is 17.6. The number of nitro benzene ring substituents is 1. The highest BCUT2D eigenvalue weighted by Crippen LogP contribution is 2.18. The smallest absolute Gasteiger partial charge is 0.269 e. The van der Waals surface area contributed by atoms with E-state index in [1.54, 1.807) is 6.92 Å². The highest BCUT2D eigenvalue weighted by atomic mass is 16.6. The van der Waals surface area contributed by atoms with Gasteiger partial charge in [-0.25, -0.2) is 0 Å². The quantitative estimate of drug-likeness (QED) is 0.504. The average Bonchev–Trinajstić information content (AvgIpc) is 2.36. The lowest BCUT2D eigenvalue weighted by atomic mass is 9.94. The molecule has 0 amide bonds. The Hall–Kier alpha value is -1.50. The minimum absolute atomic E-state index is 0.00113. The minimum atomic E-state index is -0.816. The summed E-state index contributed by atoms with van der Waals surface area (Å²) in [4.78, 5) is 10.1. The van der Waals surface area contributed by atoms with E-state index in [1.165, 1.54) is 24.3 Å². The number of rotatable bonds is 8. The number of aliphatic hydroxyl groups is 2. The minimum Gasteiger partial charge on any atom is -0.389 e. The molecule has 118 valence electrons. The summed E-state index contributed by atoms with van der Waals surface area (Å²) in [5.41, 5.74) is -0.209. The maximum absolute atomic E-state index is 10.6. The fourth-order valence-electron chi connectivity index (χ4n) is 2.37. The summed E-state index contributed by atoms with van der Waals surface area (Å²) in [6.07, 6.45) is -0.0891. The standard InChI is InChI=1S/C15H24N2O4/c1-11(2)8-15(3,19)10-16-9-14(18)12-4-6-13(7-5-12)17(20)21/h4-7,11,14,16,18-19H,8-10H2,1-3H3. The molecule has 2 unspecified atom stereocenters. The van der Waals surface area contributed by atoms with Gasteiger partial charge in [-0.3, -0.25) is 10.1 Å². The molecule has 0 radical (unpaired) electrons. The van der Waals surface area contributed by atoms with Crippen molar-refractivity contribution in [2.75, 3.05) is 13.1 Å². The van der Waals surface area contributed by atoms with Gasteiger partial charge in [-0.15, -0.1) is 0 Å². The van der Waals surface area contributed by atoms with Crippen LogP contribution in [0.5, 0.6) is 0 Å². The maximum atomic E-state index is 10.6. The second-order valence-electron chi connectivity index (χ2n) is 6.09. The first-order valence-corrected chi connectivity index (χ1v) is 7.07. The summed E-state index contributed by atoms with van der Waals surface area (Å²) in [6.45, 7) is 6.51. The number of nitrogens with zero attached hydrogens (tertiary/aromatic N) is 1. The van der Waals surface area contributed by atoms with Gasteiger partial charge in [0.15, 0.2) is 0 Å². The van der Waals surface area contributed by atoms with E-state index in [2.05, 4.69) is 5.32 Å². The Labute approximate surface area is 125 Å². The van der Waals surface area contributed by atoms with Crippen molar-refractivity contribution >= 4 is 5.69 Å². The zero-order chi connectivity index (χ0) is 16.0. The van der Waals surface area contributed by atoms with Crippen molar-refractivity contribution in [2.24, 2.45) is 5.92 Å². The number of nitro groups is 1. The van der Waals surface area contributed by atoms with E-state index in [0.29, 0.717) is 24.4 Å². The summed E-state index contributed by atoms with van der Waals surface area (Å²) < 4.78 is 0. The van der Waals surface area contributed by atoms with E-state index < -0.39 is 16.6 Å². The van der Waals surface area contributed by atoms with E-state index in [1.807, 2.05) is 13.8 Å². The molecule has 1 aromatic rings. The highest BCUT2D eigenvalue weighted by molar-refractivity contribution is 5.33. The normalized spacial score (nSPS) is 15.7. The molecule has 1 aromatic carbocycles. The van der Waals surface area contributed by atoms with E-state index in [0.717, 1.165) is 0 Å². The second kappa shape index (κ2) is 7.49. The topological polar surface area (TPSA) is 95.6 Å². The molecule has 0 aliphatic rings. The molecule has 0 saturated carbocycles. The van der Waals surface area contributed by atoms with Crippen molar-refractivity contribution in [3.8, 4) is 0 Å². The van der Waals surface area contributed by atoms with Crippen LogP contribution in [0.1, 0.15) is 38.9 Å². The Morgan fingerprint density at radius 1 is 1.33 bits per heavy atom. The van der Waals surface area contributed by atoms with E-state index in [9.17, 15) is 20.3 Å². The fourth-order valence-corrected chi connectivity index (χ4v) is 2.37. The van der Waals surface area contributed by atoms with Crippen LogP contribution >= 0.6 is 0 Å². The largest absolute Gasteiger partial charge is 0.389 e. The lowest BCUT2D eigenvalue weighted by Gasteiger charge is -2.26. The molecular formula is C15H24N2O4. The summed E-state index contributed by atoms with van der Waals surface area (Å²) in [5.74, 6) is 0.390. The van der Waals surface area contributed by atoms with Gasteiger partial charge in [0.2, 0.25) is 0 Å². The Morgan fingerprint density at radius 3 is 2.38 bits per heavy atom. The number of aliphatic hydroxyl groups excluding tert-OH is 1. The van der Waals surface area contributed by atoms with Gasteiger partial charge in [0, 0.05) is 25.2 Å². The third kappa shape index (κ3) is 6.20. The van der Waals surface area contributed by atoms with Crippen LogP contribution in [0.25, 0.3) is 0 Å². The summed E-state index contributed by atoms with van der Waals surface area (Å²) in [7, 11) is 0. The zero-order valence-electron chi connectivity index (χ0n) is 12.7. The molecule has 2 atom stereocenters. The predicted octanol–water partition coefficient (Wildman–Crippen LogP) is 2.01. The molecule has 21 heavy (non-hydrogen) atoms. The van der Waals surface area contributed by atoms with Crippen molar-refractivity contribution in [3.05, 3.63) is 39.9 Å². The maximum Gasteiger partial charge on any atom is 0.269 e. The van der Waals surface area contributed by atoms with E-state index in [-0.39, 0.29) is 12.2 Å². The van der Waals surface area contributed by atoms with Crippen LogP contribution in [0.15, 0.2) is 24.3 Å². The fraction of sp³-hybridized carbons (Fsp3) is 0.600. The lowest BCUT2D eigenvalue weighted by Crippen LogP contribution is -2.40. The van der Waals surface area contributed by atoms with Crippen LogP contribution in [-0.2, 0) is 0 Å². The second-order valence-corrected chi connectivity index (χ2v) is 6.09. The molecule has 3 N–H and O–H groups in total. The molecule has 1 rings (SSSR count). The molecule has 0 heterocycles. The van der Waals surface area contributed by atoms with Gasteiger partial charge in [0.25, 0.3) is 5.69 Å². The Bertz CT molecular complexity index is 457. The summed E-state index contributed by atoms with van der Waals surface area (Å²) in [5, 5.41) is 33.7. The van der Waals surface area contributed by atoms with Gasteiger partial charge in [-0.1, -0.05) is 13.8 Å². The van der Waals surface area contributed by atoms with Crippen molar-refractivity contribution in [1.82, 2.24) is 5.32 Å². The number of non-ortho nitro benzene ring substituents is 1. The van der Waals surface area contributed by atoms with Gasteiger partial charge >= 0.3 is 0 Å². The molecule has 0 spiro atoms. The van der Waals surface area contributed by atoms with Crippen LogP contribution in [0.4, 0.5) is 5.69 Å². The van der Waals surface area contributed by atoms with Gasteiger partial charge in [-0.05, 0) is 37.0 Å². The molecule has 6 heteroatoms. The number of hydrogen-bond acceptors (Lipinski definition) is 5. The first-order valence-electron chi connectivity index (χ1n) is 7.07. The molecule has 0 aliphatic carbocycles. The Morgan fingerprint density at radius 2 is 1.90 bits per heavy atom. The molecule has 0 fully saturated rings. The number of hydrogen-bond donors (Lipinski definition) is 3. The van der Waals surface area contributed by atoms with Crippen LogP contribution in [0, 0.1) is 16.0 Å². The predicted molar refractivity (Wildman–Crippen MR) is 81.0 cm³/mol. The molecule has 0 saturated heterocycles. The van der Waals surface area contributed by atoms with Gasteiger partial charge in [-0.2, -0.15) is 0 Å². The zero-order valence-corrected chi connectivity index (χ0v) is 12.7. The number of benzene rings is 1. The van der Waals surface area contributed by atoms with Crippen LogP contribution in [-0.4, -0.2) is 33.8 Å². The molecule has 6 nitrogen and oxygen atoms in total. The number of nitrogens with one attached hydrogen (secondary N) is 1. The highest BCUT2D eigenvalue weighted by Gasteiger charge is 2.21.